The molecule has 2 aromatic rings. The summed E-state index contributed by atoms with van der Waals surface area (Å²) in [6.45, 7) is -2.95. The van der Waals surface area contributed by atoms with Crippen molar-refractivity contribution in [3.63, 3.8) is 0 Å². The molecule has 1 heterocycles. The van der Waals surface area contributed by atoms with E-state index in [1.54, 1.807) is 29.6 Å². The molecule has 5 nitrogen and oxygen atoms in total. The zero-order valence-corrected chi connectivity index (χ0v) is 14.4. The van der Waals surface area contributed by atoms with Gasteiger partial charge in [0.2, 0.25) is 5.91 Å². The van der Waals surface area contributed by atoms with Gasteiger partial charge in [-0.2, -0.15) is 8.78 Å². The van der Waals surface area contributed by atoms with Gasteiger partial charge in [0.05, 0.1) is 5.56 Å². The molecule has 0 saturated heterocycles. The molecule has 0 atom stereocenters. The zero-order valence-electron chi connectivity index (χ0n) is 13.6. The Morgan fingerprint density at radius 3 is 2.73 bits per heavy atom. The van der Waals surface area contributed by atoms with Crippen molar-refractivity contribution in [1.82, 2.24) is 5.32 Å². The van der Waals surface area contributed by atoms with Crippen LogP contribution in [0.5, 0.6) is 5.75 Å². The lowest BCUT2D eigenvalue weighted by Crippen LogP contribution is -2.26. The third-order valence-corrected chi connectivity index (χ3v) is 4.44. The van der Waals surface area contributed by atoms with Gasteiger partial charge < -0.3 is 15.4 Å². The molecule has 2 amide bonds. The summed E-state index contributed by atoms with van der Waals surface area (Å²) in [4.78, 5) is 24.2. The Hall–Kier alpha value is -2.74. The van der Waals surface area contributed by atoms with Gasteiger partial charge in [0, 0.05) is 17.7 Å². The van der Waals surface area contributed by atoms with Gasteiger partial charge >= 0.3 is 6.61 Å². The average Bonchev–Trinajstić information content (AvgIpc) is 3.29. The Morgan fingerprint density at radius 1 is 1.23 bits per heavy atom. The molecular formula is C18H16F2N2O3S. The van der Waals surface area contributed by atoms with E-state index in [9.17, 15) is 18.4 Å². The molecule has 1 aliphatic rings. The summed E-state index contributed by atoms with van der Waals surface area (Å²) in [6.07, 6.45) is 4.53. The Bertz CT molecular complexity index is 831. The standard InChI is InChI=1S/C18H16F2N2O3S/c19-18(20)25-14-4-2-1-3-11(14)5-8-15(23)22-17-13(9-10-26-17)16(24)21-12-6-7-12/h1-5,8-10,12,18H,6-7H2,(H,21,24)(H,22,23)/b8-5+. The number of halogens is 2. The maximum Gasteiger partial charge on any atom is 0.387 e. The largest absolute Gasteiger partial charge is 0.434 e. The third kappa shape index (κ3) is 4.89. The van der Waals surface area contributed by atoms with Crippen LogP contribution in [0.2, 0.25) is 0 Å². The van der Waals surface area contributed by atoms with Gasteiger partial charge in [-0.05, 0) is 36.4 Å². The number of anilines is 1. The van der Waals surface area contributed by atoms with E-state index in [0.717, 1.165) is 12.8 Å². The molecule has 3 rings (SSSR count). The Labute approximate surface area is 152 Å². The first-order valence-corrected chi connectivity index (χ1v) is 8.82. The highest BCUT2D eigenvalue weighted by Gasteiger charge is 2.25. The molecule has 0 radical (unpaired) electrons. The number of thiophene rings is 1. The number of benzene rings is 1. The van der Waals surface area contributed by atoms with Gasteiger partial charge in [-0.1, -0.05) is 18.2 Å². The van der Waals surface area contributed by atoms with Gasteiger partial charge in [-0.25, -0.2) is 0 Å². The Kier molecular flexibility index (Phi) is 5.62. The first-order chi connectivity index (χ1) is 12.5. The predicted molar refractivity (Wildman–Crippen MR) is 95.5 cm³/mol. The van der Waals surface area contributed by atoms with E-state index in [2.05, 4.69) is 15.4 Å². The number of hydrogen-bond donors (Lipinski definition) is 2. The van der Waals surface area contributed by atoms with Crippen LogP contribution in [-0.4, -0.2) is 24.5 Å². The number of carbonyl (C=O) groups is 2. The summed E-state index contributed by atoms with van der Waals surface area (Å²) in [5, 5.41) is 7.66. The maximum atomic E-state index is 12.4. The second-order valence-corrected chi connectivity index (χ2v) is 6.57. The molecule has 0 aliphatic heterocycles. The lowest BCUT2D eigenvalue weighted by Gasteiger charge is -2.07. The van der Waals surface area contributed by atoms with Crippen LogP contribution in [0.1, 0.15) is 28.8 Å². The number of amides is 2. The number of ether oxygens (including phenoxy) is 1. The molecule has 1 saturated carbocycles. The minimum absolute atomic E-state index is 0.0211. The minimum atomic E-state index is -2.95. The Morgan fingerprint density at radius 2 is 2.00 bits per heavy atom. The summed E-state index contributed by atoms with van der Waals surface area (Å²) in [6, 6.07) is 8.02. The number of rotatable bonds is 7. The first-order valence-electron chi connectivity index (χ1n) is 7.94. The van der Waals surface area contributed by atoms with Crippen molar-refractivity contribution >= 4 is 34.2 Å². The molecule has 1 aromatic heterocycles. The molecule has 0 bridgehead atoms. The molecule has 2 N–H and O–H groups in total. The van der Waals surface area contributed by atoms with E-state index in [-0.39, 0.29) is 17.7 Å². The molecule has 0 spiro atoms. The normalized spacial score (nSPS) is 13.8. The van der Waals surface area contributed by atoms with Crippen molar-refractivity contribution in [3.8, 4) is 5.75 Å². The van der Waals surface area contributed by atoms with E-state index in [4.69, 9.17) is 0 Å². The third-order valence-electron chi connectivity index (χ3n) is 3.61. The van der Waals surface area contributed by atoms with Gasteiger partial charge in [-0.3, -0.25) is 9.59 Å². The van der Waals surface area contributed by atoms with Crippen molar-refractivity contribution in [2.75, 3.05) is 5.32 Å². The van der Waals surface area contributed by atoms with E-state index in [1.165, 1.54) is 29.6 Å². The zero-order chi connectivity index (χ0) is 18.5. The highest BCUT2D eigenvalue weighted by molar-refractivity contribution is 7.14. The summed E-state index contributed by atoms with van der Waals surface area (Å²) in [5.41, 5.74) is 0.755. The molecule has 1 aromatic carbocycles. The molecule has 26 heavy (non-hydrogen) atoms. The van der Waals surface area contributed by atoms with Crippen LogP contribution >= 0.6 is 11.3 Å². The summed E-state index contributed by atoms with van der Waals surface area (Å²) in [5.74, 6) is -0.712. The van der Waals surface area contributed by atoms with Crippen molar-refractivity contribution in [1.29, 1.82) is 0 Å². The monoisotopic (exact) mass is 378 g/mol. The second kappa shape index (κ2) is 8.09. The second-order valence-electron chi connectivity index (χ2n) is 5.65. The summed E-state index contributed by atoms with van der Waals surface area (Å²) < 4.78 is 29.2. The van der Waals surface area contributed by atoms with Crippen LogP contribution in [0.3, 0.4) is 0 Å². The van der Waals surface area contributed by atoms with Gasteiger partial charge in [-0.15, -0.1) is 11.3 Å². The Balaban J connectivity index is 1.65. The smallest absolute Gasteiger partial charge is 0.387 e. The summed E-state index contributed by atoms with van der Waals surface area (Å²) in [7, 11) is 0. The van der Waals surface area contributed by atoms with Crippen LogP contribution in [0.15, 0.2) is 41.8 Å². The van der Waals surface area contributed by atoms with Gasteiger partial charge in [0.15, 0.2) is 0 Å². The van der Waals surface area contributed by atoms with Crippen molar-refractivity contribution < 1.29 is 23.1 Å². The van der Waals surface area contributed by atoms with E-state index in [1.807, 2.05) is 0 Å². The fourth-order valence-corrected chi connectivity index (χ4v) is 3.00. The molecule has 136 valence electrons. The van der Waals surface area contributed by atoms with Crippen molar-refractivity contribution in [3.05, 3.63) is 52.9 Å². The van der Waals surface area contributed by atoms with Gasteiger partial charge in [0.25, 0.3) is 5.91 Å². The lowest BCUT2D eigenvalue weighted by atomic mass is 10.2. The fourth-order valence-electron chi connectivity index (χ4n) is 2.22. The van der Waals surface area contributed by atoms with Crippen molar-refractivity contribution in [2.24, 2.45) is 0 Å². The highest BCUT2D eigenvalue weighted by Crippen LogP contribution is 2.26. The molecule has 1 fully saturated rings. The molecule has 8 heteroatoms. The van der Waals surface area contributed by atoms with Crippen LogP contribution in [-0.2, 0) is 4.79 Å². The SMILES string of the molecule is O=C(/C=C/c1ccccc1OC(F)F)Nc1sccc1C(=O)NC1CC1. The van der Waals surface area contributed by atoms with Crippen LogP contribution in [0.25, 0.3) is 6.08 Å². The number of para-hydroxylation sites is 1. The average molecular weight is 378 g/mol. The first kappa shape index (κ1) is 18.1. The highest BCUT2D eigenvalue weighted by atomic mass is 32.1. The quantitative estimate of drug-likeness (QED) is 0.718. The van der Waals surface area contributed by atoms with E-state index >= 15 is 0 Å². The topological polar surface area (TPSA) is 67.4 Å². The fraction of sp³-hybridized carbons (Fsp3) is 0.222. The summed E-state index contributed by atoms with van der Waals surface area (Å²) >= 11 is 1.24. The lowest BCUT2D eigenvalue weighted by molar-refractivity contribution is -0.111. The van der Waals surface area contributed by atoms with Crippen LogP contribution in [0, 0.1) is 0 Å². The predicted octanol–water partition coefficient (Wildman–Crippen LogP) is 3.89. The van der Waals surface area contributed by atoms with Crippen LogP contribution < -0.4 is 15.4 Å². The van der Waals surface area contributed by atoms with Crippen LogP contribution in [0.4, 0.5) is 13.8 Å². The maximum absolute atomic E-state index is 12.4. The van der Waals surface area contributed by atoms with E-state index in [0.29, 0.717) is 16.1 Å². The number of hydrogen-bond acceptors (Lipinski definition) is 4. The number of alkyl halides is 2. The number of nitrogens with one attached hydrogen (secondary N) is 2. The van der Waals surface area contributed by atoms with Gasteiger partial charge in [0.1, 0.15) is 10.8 Å². The van der Waals surface area contributed by atoms with E-state index < -0.39 is 12.5 Å². The molecular weight excluding hydrogens is 362 g/mol. The minimum Gasteiger partial charge on any atom is -0.434 e. The molecule has 0 unspecified atom stereocenters. The molecule has 1 aliphatic carbocycles. The van der Waals surface area contributed by atoms with Crippen molar-refractivity contribution in [2.45, 2.75) is 25.5 Å². The number of carbonyl (C=O) groups excluding carboxylic acids is 2.